The molecular weight excluding hydrogens is 487 g/mol. The van der Waals surface area contributed by atoms with Gasteiger partial charge < -0.3 is 15.3 Å². The number of anilines is 2. The molecule has 0 aliphatic carbocycles. The molecule has 1 fully saturated rings. The minimum Gasteiger partial charge on any atom is -0.481 e. The lowest BCUT2D eigenvalue weighted by Gasteiger charge is -2.21. The Morgan fingerprint density at radius 1 is 1.00 bits per heavy atom. The molecule has 3 aromatic rings. The number of halogens is 2. The van der Waals surface area contributed by atoms with Crippen LogP contribution in [0.4, 0.5) is 11.5 Å². The highest BCUT2D eigenvalue weighted by molar-refractivity contribution is 6.31. The fraction of sp³-hybridized carbons (Fsp3) is 0.231. The molecule has 0 radical (unpaired) electrons. The van der Waals surface area contributed by atoms with E-state index in [9.17, 15) is 14.7 Å². The predicted octanol–water partition coefficient (Wildman–Crippen LogP) is 5.25. The van der Waals surface area contributed by atoms with Crippen molar-refractivity contribution in [3.63, 3.8) is 0 Å². The van der Waals surface area contributed by atoms with E-state index in [-0.39, 0.29) is 17.5 Å². The third kappa shape index (κ3) is 6.81. The van der Waals surface area contributed by atoms with Crippen LogP contribution in [0, 0.1) is 0 Å². The molecule has 1 saturated heterocycles. The molecule has 2 N–H and O–H groups in total. The number of carbonyl (C=O) groups excluding carboxylic acids is 1. The van der Waals surface area contributed by atoms with Crippen LogP contribution in [0.15, 0.2) is 54.6 Å². The molecule has 1 aliphatic rings. The first-order chi connectivity index (χ1) is 16.9. The lowest BCUT2D eigenvalue weighted by atomic mass is 10.1. The molecule has 4 rings (SSSR count). The topological polar surface area (TPSA) is 95.4 Å². The van der Waals surface area contributed by atoms with Gasteiger partial charge in [0, 0.05) is 41.9 Å². The van der Waals surface area contributed by atoms with Crippen molar-refractivity contribution in [1.29, 1.82) is 0 Å². The number of carbonyl (C=O) groups is 2. The summed E-state index contributed by atoms with van der Waals surface area (Å²) < 4.78 is 0. The number of nitrogens with one attached hydrogen (secondary N) is 1. The van der Waals surface area contributed by atoms with Gasteiger partial charge in [-0.05, 0) is 54.3 Å². The Hall–Kier alpha value is -3.42. The van der Waals surface area contributed by atoms with Gasteiger partial charge in [0.05, 0.1) is 6.42 Å². The largest absolute Gasteiger partial charge is 0.481 e. The Kier molecular flexibility index (Phi) is 8.00. The van der Waals surface area contributed by atoms with Crippen LogP contribution in [0.5, 0.6) is 0 Å². The van der Waals surface area contributed by atoms with Crippen LogP contribution >= 0.6 is 23.2 Å². The fourth-order valence-corrected chi connectivity index (χ4v) is 4.25. The smallest absolute Gasteiger partial charge is 0.308 e. The number of hydrogen-bond acceptors (Lipinski definition) is 5. The van der Waals surface area contributed by atoms with Crippen molar-refractivity contribution in [2.24, 2.45) is 0 Å². The summed E-state index contributed by atoms with van der Waals surface area (Å²) in [4.78, 5) is 34.7. The SMILES string of the molecule is O=C(O)Cc1c(Cl)nc(Cc2ccc(NC(=O)/C=C/c3ccc(Cl)cc3)cc2)nc1N1CCCC1. The van der Waals surface area contributed by atoms with Gasteiger partial charge in [-0.15, -0.1) is 0 Å². The van der Waals surface area contributed by atoms with Crippen molar-refractivity contribution in [3.8, 4) is 0 Å². The van der Waals surface area contributed by atoms with Crippen molar-refractivity contribution >= 4 is 52.7 Å². The molecule has 0 saturated carbocycles. The number of carboxylic acids is 1. The molecule has 35 heavy (non-hydrogen) atoms. The average Bonchev–Trinajstić information content (AvgIpc) is 3.36. The van der Waals surface area contributed by atoms with E-state index in [1.165, 1.54) is 6.08 Å². The molecule has 0 atom stereocenters. The standard InChI is InChI=1S/C26H24Cl2N4O3/c27-19-8-3-17(4-9-19)7-12-23(33)29-20-10-5-18(6-11-20)15-22-30-25(28)21(16-24(34)35)26(31-22)32-13-1-2-14-32/h3-12H,1-2,13-16H2,(H,29,33)(H,34,35)/b12-7+. The highest BCUT2D eigenvalue weighted by atomic mass is 35.5. The van der Waals surface area contributed by atoms with Crippen LogP contribution in [-0.2, 0) is 22.4 Å². The Morgan fingerprint density at radius 2 is 1.69 bits per heavy atom. The first-order valence-electron chi connectivity index (χ1n) is 11.2. The third-order valence-electron chi connectivity index (χ3n) is 5.60. The van der Waals surface area contributed by atoms with E-state index in [1.807, 2.05) is 36.4 Å². The molecule has 7 nitrogen and oxygen atoms in total. The summed E-state index contributed by atoms with van der Waals surface area (Å²) in [5.41, 5.74) is 2.93. The normalized spacial score (nSPS) is 13.4. The van der Waals surface area contributed by atoms with Gasteiger partial charge in [-0.25, -0.2) is 9.97 Å². The van der Waals surface area contributed by atoms with Gasteiger partial charge in [-0.1, -0.05) is 47.5 Å². The number of aromatic nitrogens is 2. The second-order valence-corrected chi connectivity index (χ2v) is 9.04. The minimum atomic E-state index is -0.968. The van der Waals surface area contributed by atoms with E-state index < -0.39 is 5.97 Å². The second kappa shape index (κ2) is 11.3. The number of amides is 1. The van der Waals surface area contributed by atoms with Gasteiger partial charge in [0.2, 0.25) is 5.91 Å². The zero-order chi connectivity index (χ0) is 24.8. The zero-order valence-corrected chi connectivity index (χ0v) is 20.4. The number of aliphatic carboxylic acids is 1. The van der Waals surface area contributed by atoms with Crippen LogP contribution in [0.3, 0.4) is 0 Å². The number of rotatable bonds is 8. The van der Waals surface area contributed by atoms with Crippen LogP contribution in [0.25, 0.3) is 6.08 Å². The van der Waals surface area contributed by atoms with Gasteiger partial charge >= 0.3 is 5.97 Å². The predicted molar refractivity (Wildman–Crippen MR) is 138 cm³/mol. The summed E-state index contributed by atoms with van der Waals surface area (Å²) in [5, 5.41) is 12.9. The average molecular weight is 511 g/mol. The van der Waals surface area contributed by atoms with E-state index in [1.54, 1.807) is 18.2 Å². The van der Waals surface area contributed by atoms with Crippen LogP contribution in [-0.4, -0.2) is 40.0 Å². The first kappa shape index (κ1) is 24.7. The van der Waals surface area contributed by atoms with Crippen molar-refractivity contribution < 1.29 is 14.7 Å². The molecule has 0 unspecified atom stereocenters. The van der Waals surface area contributed by atoms with Gasteiger partial charge in [-0.3, -0.25) is 9.59 Å². The Morgan fingerprint density at radius 3 is 2.34 bits per heavy atom. The molecule has 2 aromatic carbocycles. The van der Waals surface area contributed by atoms with Crippen molar-refractivity contribution in [1.82, 2.24) is 9.97 Å². The van der Waals surface area contributed by atoms with Gasteiger partial charge in [-0.2, -0.15) is 0 Å². The minimum absolute atomic E-state index is 0.177. The van der Waals surface area contributed by atoms with Crippen LogP contribution < -0.4 is 10.2 Å². The number of nitrogens with zero attached hydrogens (tertiary/aromatic N) is 3. The Balaban J connectivity index is 1.43. The monoisotopic (exact) mass is 510 g/mol. The van der Waals surface area contributed by atoms with Crippen molar-refractivity contribution in [2.45, 2.75) is 25.7 Å². The van der Waals surface area contributed by atoms with E-state index in [0.29, 0.717) is 34.3 Å². The van der Waals surface area contributed by atoms with E-state index in [0.717, 1.165) is 37.1 Å². The molecule has 9 heteroatoms. The number of benzene rings is 2. The Bertz CT molecular complexity index is 1240. The van der Waals surface area contributed by atoms with Gasteiger partial charge in [0.15, 0.2) is 0 Å². The lowest BCUT2D eigenvalue weighted by molar-refractivity contribution is -0.136. The molecule has 180 valence electrons. The maximum atomic E-state index is 12.2. The summed E-state index contributed by atoms with van der Waals surface area (Å²) in [7, 11) is 0. The molecule has 0 spiro atoms. The highest BCUT2D eigenvalue weighted by Gasteiger charge is 2.23. The van der Waals surface area contributed by atoms with E-state index >= 15 is 0 Å². The Labute approximate surface area is 213 Å². The van der Waals surface area contributed by atoms with Crippen LogP contribution in [0.1, 0.15) is 35.4 Å². The molecule has 2 heterocycles. The maximum absolute atomic E-state index is 12.2. The molecule has 1 aliphatic heterocycles. The third-order valence-corrected chi connectivity index (χ3v) is 6.16. The van der Waals surface area contributed by atoms with Gasteiger partial charge in [0.25, 0.3) is 0 Å². The first-order valence-corrected chi connectivity index (χ1v) is 12.0. The summed E-state index contributed by atoms with van der Waals surface area (Å²) >= 11 is 12.3. The molecule has 1 amide bonds. The summed E-state index contributed by atoms with van der Waals surface area (Å²) in [6.07, 6.45) is 5.46. The summed E-state index contributed by atoms with van der Waals surface area (Å²) in [6.45, 7) is 1.64. The maximum Gasteiger partial charge on any atom is 0.308 e. The number of hydrogen-bond donors (Lipinski definition) is 2. The zero-order valence-electron chi connectivity index (χ0n) is 18.9. The van der Waals surface area contributed by atoms with E-state index in [4.69, 9.17) is 23.2 Å². The second-order valence-electron chi connectivity index (χ2n) is 8.25. The summed E-state index contributed by atoms with van der Waals surface area (Å²) in [5.74, 6) is -0.0820. The highest BCUT2D eigenvalue weighted by Crippen LogP contribution is 2.28. The van der Waals surface area contributed by atoms with E-state index in [2.05, 4.69) is 20.2 Å². The molecular formula is C26H24Cl2N4O3. The van der Waals surface area contributed by atoms with Crippen molar-refractivity contribution in [3.05, 3.63) is 87.3 Å². The quantitative estimate of drug-likeness (QED) is 0.317. The summed E-state index contributed by atoms with van der Waals surface area (Å²) in [6, 6.07) is 14.6. The van der Waals surface area contributed by atoms with Crippen molar-refractivity contribution in [2.75, 3.05) is 23.3 Å². The lowest BCUT2D eigenvalue weighted by Crippen LogP contribution is -2.23. The number of carboxylic acid groups (broad SMARTS) is 1. The fourth-order valence-electron chi connectivity index (χ4n) is 3.88. The van der Waals surface area contributed by atoms with Gasteiger partial charge in [0.1, 0.15) is 16.8 Å². The molecule has 0 bridgehead atoms. The molecule has 1 aromatic heterocycles. The van der Waals surface area contributed by atoms with Crippen LogP contribution in [0.2, 0.25) is 10.2 Å².